The van der Waals surface area contributed by atoms with Crippen molar-refractivity contribution in [2.24, 2.45) is 0 Å². The quantitative estimate of drug-likeness (QED) is 0.285. The molecule has 132 valence electrons. The van der Waals surface area contributed by atoms with E-state index in [2.05, 4.69) is 13.6 Å². The lowest BCUT2D eigenvalue weighted by atomic mass is 10.0. The lowest BCUT2D eigenvalue weighted by Crippen LogP contribution is -2.44. The summed E-state index contributed by atoms with van der Waals surface area (Å²) < 4.78 is 50.1. The molecule has 0 saturated carbocycles. The molecule has 0 aromatic rings. The first-order valence-electron chi connectivity index (χ1n) is 5.55. The van der Waals surface area contributed by atoms with Gasteiger partial charge in [-0.15, -0.1) is 0 Å². The van der Waals surface area contributed by atoms with Gasteiger partial charge in [-0.3, -0.25) is 13.6 Å². The topological polar surface area (TPSA) is 210 Å². The summed E-state index contributed by atoms with van der Waals surface area (Å²) >= 11 is 0. The molecule has 0 radical (unpaired) electrons. The Labute approximate surface area is 123 Å². The van der Waals surface area contributed by atoms with E-state index in [1.165, 1.54) is 0 Å². The molecule has 0 aromatic heterocycles. The Morgan fingerprint density at radius 1 is 0.864 bits per heavy atom. The van der Waals surface area contributed by atoms with Crippen molar-refractivity contribution in [3.63, 3.8) is 0 Å². The van der Waals surface area contributed by atoms with Crippen molar-refractivity contribution in [1.29, 1.82) is 0 Å². The van der Waals surface area contributed by atoms with E-state index in [1.54, 1.807) is 0 Å². The van der Waals surface area contributed by atoms with Crippen molar-refractivity contribution in [2.75, 3.05) is 13.2 Å². The standard InChI is InChI=1S/C6H15O13P3/c7-20(8,9)17-2-4-1-5(18-21(10,11)12)6(3-16-4)19-22(13,14)15/h4-6H,1-3H2,(H2,7,8,9)(H2,10,11,12)(H2,13,14,15)/t4?,5-,6?/m0/s1. The molecular weight excluding hydrogens is 373 g/mol. The maximum Gasteiger partial charge on any atom is 0.470 e. The third kappa shape index (κ3) is 8.80. The van der Waals surface area contributed by atoms with Gasteiger partial charge in [0.15, 0.2) is 0 Å². The minimum Gasteiger partial charge on any atom is -0.373 e. The number of ether oxygens (including phenoxy) is 1. The Morgan fingerprint density at radius 2 is 1.36 bits per heavy atom. The van der Waals surface area contributed by atoms with Gasteiger partial charge < -0.3 is 34.1 Å². The highest BCUT2D eigenvalue weighted by Gasteiger charge is 2.40. The molecule has 0 amide bonds. The first kappa shape index (κ1) is 20.3. The van der Waals surface area contributed by atoms with Crippen LogP contribution in [0.2, 0.25) is 0 Å². The maximum absolute atomic E-state index is 10.9. The van der Waals surface area contributed by atoms with Crippen molar-refractivity contribution in [3.8, 4) is 0 Å². The number of hydrogen-bond donors (Lipinski definition) is 6. The summed E-state index contributed by atoms with van der Waals surface area (Å²) in [7, 11) is -14.7. The van der Waals surface area contributed by atoms with Crippen LogP contribution in [0, 0.1) is 0 Å². The van der Waals surface area contributed by atoms with Crippen LogP contribution < -0.4 is 0 Å². The summed E-state index contributed by atoms with van der Waals surface area (Å²) in [5.41, 5.74) is 0. The molecule has 0 aliphatic carbocycles. The zero-order valence-corrected chi connectivity index (χ0v) is 13.4. The summed E-state index contributed by atoms with van der Waals surface area (Å²) in [6.07, 6.45) is -4.37. The fraction of sp³-hybridized carbons (Fsp3) is 1.00. The summed E-state index contributed by atoms with van der Waals surface area (Å²) in [5, 5.41) is 0. The van der Waals surface area contributed by atoms with E-state index < -0.39 is 55.0 Å². The van der Waals surface area contributed by atoms with Crippen molar-refractivity contribution >= 4 is 23.5 Å². The highest BCUT2D eigenvalue weighted by molar-refractivity contribution is 7.46. The van der Waals surface area contributed by atoms with Crippen molar-refractivity contribution in [1.82, 2.24) is 0 Å². The van der Waals surface area contributed by atoms with E-state index in [-0.39, 0.29) is 6.42 Å². The molecule has 1 heterocycles. The molecule has 6 N–H and O–H groups in total. The molecule has 22 heavy (non-hydrogen) atoms. The second kappa shape index (κ2) is 7.45. The third-order valence-corrected chi connectivity index (χ3v) is 3.96. The normalized spacial score (nSPS) is 27.8. The Hall–Kier alpha value is 0.290. The van der Waals surface area contributed by atoms with Crippen LogP contribution in [0.5, 0.6) is 0 Å². The second-order valence-electron chi connectivity index (χ2n) is 4.25. The van der Waals surface area contributed by atoms with E-state index in [4.69, 9.17) is 34.1 Å². The molecule has 0 bridgehead atoms. The number of hydrogen-bond acceptors (Lipinski definition) is 7. The highest BCUT2D eigenvalue weighted by Crippen LogP contribution is 2.45. The molecule has 1 aliphatic rings. The van der Waals surface area contributed by atoms with Gasteiger partial charge in [0.05, 0.1) is 19.3 Å². The Morgan fingerprint density at radius 3 is 1.82 bits per heavy atom. The molecule has 16 heteroatoms. The molecule has 0 aromatic carbocycles. The number of phosphoric acid groups is 3. The van der Waals surface area contributed by atoms with Gasteiger partial charge in [0.25, 0.3) is 0 Å². The summed E-state index contributed by atoms with van der Waals surface area (Å²) in [5.74, 6) is 0. The van der Waals surface area contributed by atoms with Gasteiger partial charge in [0.2, 0.25) is 0 Å². The van der Waals surface area contributed by atoms with Gasteiger partial charge >= 0.3 is 23.5 Å². The van der Waals surface area contributed by atoms with Crippen LogP contribution in [0.1, 0.15) is 6.42 Å². The van der Waals surface area contributed by atoms with Crippen LogP contribution in [-0.4, -0.2) is 60.9 Å². The zero-order chi connectivity index (χ0) is 17.2. The molecule has 0 spiro atoms. The molecule has 13 nitrogen and oxygen atoms in total. The Kier molecular flexibility index (Phi) is 6.89. The molecule has 1 rings (SSSR count). The zero-order valence-electron chi connectivity index (χ0n) is 10.7. The second-order valence-corrected chi connectivity index (χ2v) is 7.87. The molecule has 1 fully saturated rings. The fourth-order valence-corrected chi connectivity index (χ4v) is 3.16. The predicted molar refractivity (Wildman–Crippen MR) is 66.2 cm³/mol. The van der Waals surface area contributed by atoms with E-state index >= 15 is 0 Å². The molecule has 2 unspecified atom stereocenters. The van der Waals surface area contributed by atoms with Gasteiger partial charge in [-0.2, -0.15) is 0 Å². The predicted octanol–water partition coefficient (Wildman–Crippen LogP) is -1.16. The Bertz CT molecular complexity index is 502. The van der Waals surface area contributed by atoms with Crippen LogP contribution in [0.15, 0.2) is 0 Å². The van der Waals surface area contributed by atoms with Crippen molar-refractivity contribution in [2.45, 2.75) is 24.7 Å². The van der Waals surface area contributed by atoms with Gasteiger partial charge in [0, 0.05) is 6.42 Å². The SMILES string of the molecule is O=P(O)(O)OCC1C[C@H](OP(=O)(O)O)C(OP(=O)(O)O)CO1. The lowest BCUT2D eigenvalue weighted by Gasteiger charge is -2.35. The summed E-state index contributed by atoms with van der Waals surface area (Å²) in [6, 6.07) is 0. The average molecular weight is 388 g/mol. The third-order valence-electron chi connectivity index (χ3n) is 2.38. The number of rotatable bonds is 7. The molecule has 3 atom stereocenters. The summed E-state index contributed by atoms with van der Waals surface area (Å²) in [4.78, 5) is 52.1. The van der Waals surface area contributed by atoms with E-state index in [0.717, 1.165) is 0 Å². The van der Waals surface area contributed by atoms with E-state index in [1.807, 2.05) is 0 Å². The smallest absolute Gasteiger partial charge is 0.373 e. The minimum atomic E-state index is -5.00. The van der Waals surface area contributed by atoms with E-state index in [0.29, 0.717) is 0 Å². The van der Waals surface area contributed by atoms with Gasteiger partial charge in [-0.05, 0) is 0 Å². The van der Waals surface area contributed by atoms with Crippen molar-refractivity contribution < 1.29 is 61.4 Å². The first-order chi connectivity index (χ1) is 9.75. The largest absolute Gasteiger partial charge is 0.470 e. The van der Waals surface area contributed by atoms with Crippen LogP contribution in [-0.2, 0) is 32.0 Å². The van der Waals surface area contributed by atoms with Crippen LogP contribution in [0.25, 0.3) is 0 Å². The van der Waals surface area contributed by atoms with Crippen LogP contribution >= 0.6 is 23.5 Å². The molecule has 1 aliphatic heterocycles. The highest BCUT2D eigenvalue weighted by atomic mass is 31.2. The van der Waals surface area contributed by atoms with Crippen LogP contribution in [0.4, 0.5) is 0 Å². The first-order valence-corrected chi connectivity index (χ1v) is 10.1. The maximum atomic E-state index is 10.9. The van der Waals surface area contributed by atoms with Gasteiger partial charge in [-0.1, -0.05) is 0 Å². The van der Waals surface area contributed by atoms with Crippen LogP contribution in [0.3, 0.4) is 0 Å². The summed E-state index contributed by atoms with van der Waals surface area (Å²) in [6.45, 7) is -1.15. The average Bonchev–Trinajstić information content (AvgIpc) is 2.24. The van der Waals surface area contributed by atoms with Crippen molar-refractivity contribution in [3.05, 3.63) is 0 Å². The van der Waals surface area contributed by atoms with Gasteiger partial charge in [-0.25, -0.2) is 13.7 Å². The minimum absolute atomic E-state index is 0.379. The van der Waals surface area contributed by atoms with Gasteiger partial charge in [0.1, 0.15) is 12.2 Å². The van der Waals surface area contributed by atoms with E-state index in [9.17, 15) is 13.7 Å². The monoisotopic (exact) mass is 388 g/mol. The molecule has 1 saturated heterocycles. The fourth-order valence-electron chi connectivity index (χ4n) is 1.68. The Balaban J connectivity index is 2.73. The lowest BCUT2D eigenvalue weighted by molar-refractivity contribution is -0.123. The molecular formula is C6H15O13P3. The number of phosphoric ester groups is 3.